The van der Waals surface area contributed by atoms with Crippen molar-refractivity contribution in [2.45, 2.75) is 38.6 Å². The fourth-order valence-electron chi connectivity index (χ4n) is 5.06. The number of fused-ring (bicyclic) bond motifs is 1. The Kier molecular flexibility index (Phi) is 5.93. The monoisotopic (exact) mass is 479 g/mol. The van der Waals surface area contributed by atoms with Crippen molar-refractivity contribution in [3.8, 4) is 11.3 Å². The minimum absolute atomic E-state index is 0.0950. The molecule has 36 heavy (non-hydrogen) atoms. The van der Waals surface area contributed by atoms with Gasteiger partial charge in [-0.1, -0.05) is 6.07 Å². The van der Waals surface area contributed by atoms with Crippen LogP contribution in [0.25, 0.3) is 22.2 Å². The van der Waals surface area contributed by atoms with Crippen molar-refractivity contribution in [1.82, 2.24) is 24.8 Å². The highest BCUT2D eigenvalue weighted by atomic mass is 16.2. The number of amides is 1. The molecule has 4 aromatic rings. The van der Waals surface area contributed by atoms with Crippen LogP contribution in [0, 0.1) is 0 Å². The molecule has 2 aromatic carbocycles. The second kappa shape index (κ2) is 9.53. The number of rotatable bonds is 5. The predicted octanol–water partition coefficient (Wildman–Crippen LogP) is 5.06. The van der Waals surface area contributed by atoms with E-state index in [-0.39, 0.29) is 5.91 Å². The molecule has 1 N–H and O–H groups in total. The Bertz CT molecular complexity index is 1400. The van der Waals surface area contributed by atoms with Gasteiger partial charge in [0.15, 0.2) is 0 Å². The van der Waals surface area contributed by atoms with Crippen molar-refractivity contribution >= 4 is 34.4 Å². The van der Waals surface area contributed by atoms with Crippen molar-refractivity contribution in [2.75, 3.05) is 29.9 Å². The third-order valence-electron chi connectivity index (χ3n) is 7.11. The molecule has 2 fully saturated rings. The number of carbonyl (C=O) groups is 1. The average molecular weight is 480 g/mol. The number of hydrogen-bond donors (Lipinski definition) is 1. The first kappa shape index (κ1) is 22.4. The molecule has 8 nitrogen and oxygen atoms in total. The van der Waals surface area contributed by atoms with E-state index < -0.39 is 0 Å². The highest BCUT2D eigenvalue weighted by molar-refractivity contribution is 5.95. The van der Waals surface area contributed by atoms with Gasteiger partial charge in [-0.2, -0.15) is 0 Å². The number of benzene rings is 2. The summed E-state index contributed by atoms with van der Waals surface area (Å²) in [5.41, 5.74) is 4.26. The van der Waals surface area contributed by atoms with E-state index in [0.29, 0.717) is 17.6 Å². The summed E-state index contributed by atoms with van der Waals surface area (Å²) >= 11 is 0. The van der Waals surface area contributed by atoms with Gasteiger partial charge in [0.05, 0.1) is 11.2 Å². The third-order valence-corrected chi connectivity index (χ3v) is 7.11. The van der Waals surface area contributed by atoms with Gasteiger partial charge in [0.25, 0.3) is 5.91 Å². The predicted molar refractivity (Wildman–Crippen MR) is 141 cm³/mol. The van der Waals surface area contributed by atoms with Crippen LogP contribution in [0.5, 0.6) is 0 Å². The number of hydrogen-bond acceptors (Lipinski definition) is 7. The van der Waals surface area contributed by atoms with Gasteiger partial charge < -0.3 is 15.1 Å². The second-order valence-corrected chi connectivity index (χ2v) is 9.60. The van der Waals surface area contributed by atoms with Gasteiger partial charge in [-0.3, -0.25) is 4.79 Å². The maximum atomic E-state index is 12.8. The zero-order valence-corrected chi connectivity index (χ0v) is 20.4. The fraction of sp³-hybridized carbons (Fsp3) is 0.321. The molecule has 2 aromatic heterocycles. The molecule has 0 spiro atoms. The van der Waals surface area contributed by atoms with Crippen molar-refractivity contribution in [1.29, 1.82) is 0 Å². The highest BCUT2D eigenvalue weighted by Gasteiger charge is 2.25. The zero-order chi connectivity index (χ0) is 24.5. The first-order valence-electron chi connectivity index (χ1n) is 12.7. The molecule has 0 aliphatic carbocycles. The Morgan fingerprint density at radius 2 is 1.78 bits per heavy atom. The number of nitrogens with zero attached hydrogens (tertiary/aromatic N) is 6. The Morgan fingerprint density at radius 1 is 0.944 bits per heavy atom. The van der Waals surface area contributed by atoms with E-state index in [1.165, 1.54) is 12.8 Å². The molecule has 4 heterocycles. The van der Waals surface area contributed by atoms with Crippen LogP contribution in [0.1, 0.15) is 43.0 Å². The summed E-state index contributed by atoms with van der Waals surface area (Å²) in [5.74, 6) is 1.40. The Morgan fingerprint density at radius 3 is 2.56 bits per heavy atom. The van der Waals surface area contributed by atoms with E-state index in [1.54, 1.807) is 6.20 Å². The van der Waals surface area contributed by atoms with E-state index in [1.807, 2.05) is 53.6 Å². The summed E-state index contributed by atoms with van der Waals surface area (Å²) in [6, 6.07) is 15.8. The van der Waals surface area contributed by atoms with Gasteiger partial charge in [0.1, 0.15) is 0 Å². The number of aromatic nitrogens is 4. The van der Waals surface area contributed by atoms with Crippen LogP contribution in [0.3, 0.4) is 0 Å². The molecule has 0 unspecified atom stereocenters. The van der Waals surface area contributed by atoms with Gasteiger partial charge in [0.2, 0.25) is 11.9 Å². The SMILES string of the molecule is C[C@H]1CCCN1C(=O)c1ccc(Nc2nccc(-c3ccc4nc(N5CCCC5)ncc4c3)n2)cc1. The van der Waals surface area contributed by atoms with Crippen LogP contribution in [0.4, 0.5) is 17.6 Å². The van der Waals surface area contributed by atoms with Crippen molar-refractivity contribution in [3.05, 3.63) is 66.5 Å². The van der Waals surface area contributed by atoms with E-state index in [0.717, 1.165) is 66.3 Å². The highest BCUT2D eigenvalue weighted by Crippen LogP contribution is 2.26. The molecular weight excluding hydrogens is 450 g/mol. The molecule has 2 aliphatic rings. The molecule has 0 saturated carbocycles. The van der Waals surface area contributed by atoms with Gasteiger partial charge in [-0.15, -0.1) is 0 Å². The van der Waals surface area contributed by atoms with Crippen LogP contribution in [0.2, 0.25) is 0 Å². The van der Waals surface area contributed by atoms with Gasteiger partial charge in [-0.25, -0.2) is 19.9 Å². The number of likely N-dealkylation sites (tertiary alicyclic amines) is 1. The first-order chi connectivity index (χ1) is 17.6. The maximum Gasteiger partial charge on any atom is 0.254 e. The number of nitrogens with one attached hydrogen (secondary N) is 1. The Labute approximate surface area is 210 Å². The molecule has 2 saturated heterocycles. The van der Waals surface area contributed by atoms with E-state index >= 15 is 0 Å². The largest absolute Gasteiger partial charge is 0.341 e. The molecule has 182 valence electrons. The van der Waals surface area contributed by atoms with Gasteiger partial charge in [-0.05, 0) is 75.1 Å². The lowest BCUT2D eigenvalue weighted by Gasteiger charge is -2.21. The van der Waals surface area contributed by atoms with Crippen LogP contribution in [-0.4, -0.2) is 56.4 Å². The summed E-state index contributed by atoms with van der Waals surface area (Å²) in [5, 5.41) is 4.24. The number of anilines is 3. The average Bonchev–Trinajstić information content (AvgIpc) is 3.61. The van der Waals surface area contributed by atoms with Gasteiger partial charge in [0, 0.05) is 60.3 Å². The third kappa shape index (κ3) is 4.46. The van der Waals surface area contributed by atoms with Crippen LogP contribution in [-0.2, 0) is 0 Å². The lowest BCUT2D eigenvalue weighted by atomic mass is 10.1. The summed E-state index contributed by atoms with van der Waals surface area (Å²) in [6.07, 6.45) is 8.18. The Balaban J connectivity index is 1.18. The fourth-order valence-corrected chi connectivity index (χ4v) is 5.06. The molecule has 1 atom stereocenters. The van der Waals surface area contributed by atoms with E-state index in [2.05, 4.69) is 33.2 Å². The molecule has 0 radical (unpaired) electrons. The zero-order valence-electron chi connectivity index (χ0n) is 20.4. The maximum absolute atomic E-state index is 12.8. The molecule has 6 rings (SSSR count). The van der Waals surface area contributed by atoms with Gasteiger partial charge >= 0.3 is 0 Å². The quantitative estimate of drug-likeness (QED) is 0.428. The molecule has 8 heteroatoms. The molecule has 0 bridgehead atoms. The van der Waals surface area contributed by atoms with Crippen LogP contribution >= 0.6 is 0 Å². The molecule has 2 aliphatic heterocycles. The normalized spacial score (nSPS) is 17.6. The van der Waals surface area contributed by atoms with Crippen LogP contribution in [0.15, 0.2) is 60.9 Å². The van der Waals surface area contributed by atoms with Crippen LogP contribution < -0.4 is 10.2 Å². The summed E-state index contributed by atoms with van der Waals surface area (Å²) in [4.78, 5) is 35.4. The topological polar surface area (TPSA) is 87.1 Å². The summed E-state index contributed by atoms with van der Waals surface area (Å²) in [6.45, 7) is 4.99. The first-order valence-corrected chi connectivity index (χ1v) is 12.7. The smallest absolute Gasteiger partial charge is 0.254 e. The van der Waals surface area contributed by atoms with Crippen molar-refractivity contribution in [3.63, 3.8) is 0 Å². The number of carbonyl (C=O) groups excluding carboxylic acids is 1. The van der Waals surface area contributed by atoms with Crippen molar-refractivity contribution in [2.24, 2.45) is 0 Å². The lowest BCUT2D eigenvalue weighted by Crippen LogP contribution is -2.33. The summed E-state index contributed by atoms with van der Waals surface area (Å²) < 4.78 is 0. The minimum Gasteiger partial charge on any atom is -0.341 e. The second-order valence-electron chi connectivity index (χ2n) is 9.60. The summed E-state index contributed by atoms with van der Waals surface area (Å²) in [7, 11) is 0. The van der Waals surface area contributed by atoms with E-state index in [9.17, 15) is 4.79 Å². The lowest BCUT2D eigenvalue weighted by molar-refractivity contribution is 0.0747. The minimum atomic E-state index is 0.0950. The standard InChI is InChI=1S/C28H29N7O/c1-19-5-4-16-35(19)26(36)20-6-9-23(10-7-20)31-27-29-13-12-25(32-27)21-8-11-24-22(17-21)18-30-28(33-24)34-14-2-3-15-34/h6-13,17-19H,2-5,14-16H2,1H3,(H,29,31,32)/t19-/m0/s1. The van der Waals surface area contributed by atoms with Crippen molar-refractivity contribution < 1.29 is 4.79 Å². The molecular formula is C28H29N7O. The Hall–Kier alpha value is -4.07. The van der Waals surface area contributed by atoms with E-state index in [4.69, 9.17) is 9.97 Å². The molecule has 1 amide bonds.